The molecule has 13 atom stereocenters. The average Bonchev–Trinajstić information content (AvgIpc) is 4.04. The zero-order valence-corrected chi connectivity index (χ0v) is 30.8. The first-order chi connectivity index (χ1) is 25.5. The first-order valence-corrected chi connectivity index (χ1v) is 19.0. The molecule has 3 N–H and O–H groups in total. The van der Waals surface area contributed by atoms with Crippen LogP contribution < -0.4 is 0 Å². The summed E-state index contributed by atoms with van der Waals surface area (Å²) in [6.45, 7) is 5.97. The molecule has 0 aromatic rings. The second-order valence-electron chi connectivity index (χ2n) is 17.8. The summed E-state index contributed by atoms with van der Waals surface area (Å²) < 4.78 is 35.4. The lowest BCUT2D eigenvalue weighted by Gasteiger charge is -2.64. The monoisotopic (exact) mass is 748 g/mol. The third kappa shape index (κ3) is 3.70. The van der Waals surface area contributed by atoms with Gasteiger partial charge in [0.25, 0.3) is 5.79 Å². The first kappa shape index (κ1) is 34.6. The van der Waals surface area contributed by atoms with Gasteiger partial charge in [0.1, 0.15) is 31.5 Å². The van der Waals surface area contributed by atoms with Gasteiger partial charge in [-0.1, -0.05) is 13.8 Å². The van der Waals surface area contributed by atoms with Gasteiger partial charge in [-0.25, -0.2) is 14.4 Å². The Hall–Kier alpha value is -3.85. The van der Waals surface area contributed by atoms with Gasteiger partial charge >= 0.3 is 29.8 Å². The summed E-state index contributed by atoms with van der Waals surface area (Å²) in [4.78, 5) is 66.7. The number of hydrogen-bond acceptors (Lipinski definition) is 14. The van der Waals surface area contributed by atoms with Crippen LogP contribution in [0.3, 0.4) is 0 Å². The number of fused-ring (bicyclic) bond motifs is 9. The van der Waals surface area contributed by atoms with Gasteiger partial charge < -0.3 is 43.7 Å². The fraction of sp³-hybridized carbons (Fsp3) is 0.675. The van der Waals surface area contributed by atoms with Crippen molar-refractivity contribution in [2.75, 3.05) is 26.9 Å². The zero-order valence-electron chi connectivity index (χ0n) is 30.8. The van der Waals surface area contributed by atoms with Crippen molar-refractivity contribution in [1.29, 1.82) is 0 Å². The second-order valence-corrected chi connectivity index (χ2v) is 17.8. The van der Waals surface area contributed by atoms with Gasteiger partial charge in [0.2, 0.25) is 0 Å². The summed E-state index contributed by atoms with van der Waals surface area (Å²) >= 11 is 0. The van der Waals surface area contributed by atoms with Crippen LogP contribution in [0.25, 0.3) is 0 Å². The van der Waals surface area contributed by atoms with E-state index in [1.807, 2.05) is 6.92 Å². The minimum atomic E-state index is -1.97. The Bertz CT molecular complexity index is 2040. The number of ether oxygens (including phenoxy) is 6. The Morgan fingerprint density at radius 1 is 0.815 bits per heavy atom. The molecule has 14 heteroatoms. The topological polar surface area (TPSA) is 201 Å². The Kier molecular flexibility index (Phi) is 6.61. The van der Waals surface area contributed by atoms with E-state index in [1.165, 1.54) is 20.1 Å². The van der Waals surface area contributed by atoms with Crippen LogP contribution in [-0.2, 0) is 52.4 Å². The van der Waals surface area contributed by atoms with E-state index in [1.54, 1.807) is 6.92 Å². The summed E-state index contributed by atoms with van der Waals surface area (Å²) in [6, 6.07) is 0. The van der Waals surface area contributed by atoms with Crippen LogP contribution in [0.5, 0.6) is 0 Å². The number of rotatable bonds is 1. The summed E-state index contributed by atoms with van der Waals surface area (Å²) in [7, 11) is 1.35. The number of carbonyl (C=O) groups excluding carboxylic acids is 5. The fourth-order valence-electron chi connectivity index (χ4n) is 13.4. The standard InChI is InChI=1S/C40H44O14/c1-16-8-9-50-26(41)6-7-27(42)51-14-18-19-12-24-35(3,20-10-23(20)38(24,48)15-52-31(16)43)25-13-37(47)22-11-21(22)36(4)30(37)29(39(19,25)53-33(18)45)28-17(2)32(44)54-40(28,49-5)34(36)46/h8,20-25,34,46-48H,6-7,9-15H2,1-5H3/b16-8-/t20-,21-,22+,23+,24-,25+,34-,35+,36+,37+,38+,39+,40+/m1/s1. The molecule has 288 valence electrons. The van der Waals surface area contributed by atoms with E-state index >= 15 is 0 Å². The molecule has 54 heavy (non-hydrogen) atoms. The van der Waals surface area contributed by atoms with Crippen LogP contribution in [0.1, 0.15) is 66.2 Å². The molecule has 0 radical (unpaired) electrons. The Labute approximate surface area is 310 Å². The van der Waals surface area contributed by atoms with E-state index in [0.29, 0.717) is 29.6 Å². The first-order valence-electron chi connectivity index (χ1n) is 19.0. The number of hydrogen-bond donors (Lipinski definition) is 3. The van der Waals surface area contributed by atoms with E-state index in [2.05, 4.69) is 6.92 Å². The molecule has 0 aromatic carbocycles. The Morgan fingerprint density at radius 3 is 2.24 bits per heavy atom. The molecule has 0 unspecified atom stereocenters. The van der Waals surface area contributed by atoms with E-state index in [0.717, 1.165) is 0 Å². The largest absolute Gasteiger partial charge is 0.461 e. The summed E-state index contributed by atoms with van der Waals surface area (Å²) in [6.07, 6.45) is 0.814. The van der Waals surface area contributed by atoms with Crippen molar-refractivity contribution < 1.29 is 67.7 Å². The van der Waals surface area contributed by atoms with E-state index in [4.69, 9.17) is 28.4 Å². The average molecular weight is 749 g/mol. The van der Waals surface area contributed by atoms with Crippen molar-refractivity contribution in [3.05, 3.63) is 45.1 Å². The van der Waals surface area contributed by atoms with E-state index in [9.17, 15) is 39.3 Å². The van der Waals surface area contributed by atoms with Crippen LogP contribution in [-0.4, -0.2) is 101 Å². The van der Waals surface area contributed by atoms with E-state index in [-0.39, 0.29) is 84.9 Å². The van der Waals surface area contributed by atoms with Gasteiger partial charge in [-0.15, -0.1) is 0 Å². The van der Waals surface area contributed by atoms with Crippen molar-refractivity contribution in [1.82, 2.24) is 0 Å². The van der Waals surface area contributed by atoms with Crippen molar-refractivity contribution >= 4 is 29.8 Å². The minimum Gasteiger partial charge on any atom is -0.461 e. The summed E-state index contributed by atoms with van der Waals surface area (Å²) in [5, 5.41) is 38.3. The normalized spacial score (nSPS) is 50.9. The Morgan fingerprint density at radius 2 is 1.52 bits per heavy atom. The molecule has 2 bridgehead atoms. The minimum absolute atomic E-state index is 0.0545. The molecule has 14 nitrogen and oxygen atoms in total. The van der Waals surface area contributed by atoms with Gasteiger partial charge in [0.05, 0.1) is 24.0 Å². The lowest BCUT2D eigenvalue weighted by Crippen LogP contribution is -2.69. The number of aliphatic hydroxyl groups is 3. The highest BCUT2D eigenvalue weighted by molar-refractivity contribution is 5.98. The highest BCUT2D eigenvalue weighted by Crippen LogP contribution is 2.85. The molecule has 5 saturated carbocycles. The molecule has 3 heterocycles. The second kappa shape index (κ2) is 10.3. The highest BCUT2D eigenvalue weighted by atomic mass is 16.7. The van der Waals surface area contributed by atoms with Gasteiger partial charge in [-0.3, -0.25) is 9.59 Å². The molecule has 0 saturated heterocycles. The Balaban J connectivity index is 1.22. The van der Waals surface area contributed by atoms with Crippen molar-refractivity contribution in [2.45, 2.75) is 94.9 Å². The lowest BCUT2D eigenvalue weighted by atomic mass is 9.42. The number of methoxy groups -OCH3 is 1. The van der Waals surface area contributed by atoms with Gasteiger partial charge in [-0.2, -0.15) is 0 Å². The third-order valence-corrected chi connectivity index (χ3v) is 15.9. The molecule has 1 spiro atoms. The number of carbonyl (C=O) groups is 5. The third-order valence-electron chi connectivity index (χ3n) is 15.9. The van der Waals surface area contributed by atoms with Gasteiger partial charge in [-0.05, 0) is 85.8 Å². The summed E-state index contributed by atoms with van der Waals surface area (Å²) in [5.74, 6) is -7.65. The molecule has 0 amide bonds. The molecule has 5 fully saturated rings. The maximum absolute atomic E-state index is 14.5. The van der Waals surface area contributed by atoms with Crippen LogP contribution in [0.4, 0.5) is 0 Å². The molecule has 3 aliphatic heterocycles. The van der Waals surface area contributed by atoms with Crippen molar-refractivity contribution in [3.63, 3.8) is 0 Å². The quantitative estimate of drug-likeness (QED) is 0.258. The van der Waals surface area contributed by atoms with E-state index < -0.39 is 87.8 Å². The van der Waals surface area contributed by atoms with Crippen LogP contribution in [0.15, 0.2) is 45.1 Å². The van der Waals surface area contributed by atoms with Crippen LogP contribution in [0.2, 0.25) is 0 Å². The van der Waals surface area contributed by atoms with Crippen molar-refractivity contribution in [2.24, 2.45) is 46.3 Å². The number of aliphatic hydroxyl groups excluding tert-OH is 1. The molecule has 0 aromatic heterocycles. The maximum atomic E-state index is 14.5. The summed E-state index contributed by atoms with van der Waals surface area (Å²) in [5.41, 5.74) is -4.64. The lowest BCUT2D eigenvalue weighted by molar-refractivity contribution is -0.256. The van der Waals surface area contributed by atoms with Gasteiger partial charge in [0.15, 0.2) is 5.60 Å². The maximum Gasteiger partial charge on any atom is 0.338 e. The smallest absolute Gasteiger partial charge is 0.338 e. The highest BCUT2D eigenvalue weighted by Gasteiger charge is 2.87. The molecular formula is C40H44O14. The zero-order chi connectivity index (χ0) is 38.3. The molecule has 7 aliphatic carbocycles. The fourth-order valence-corrected chi connectivity index (χ4v) is 13.4. The van der Waals surface area contributed by atoms with Gasteiger partial charge in [0, 0.05) is 46.7 Å². The van der Waals surface area contributed by atoms with Crippen LogP contribution in [0, 0.1) is 46.3 Å². The molecule has 10 aliphatic rings. The SMILES string of the molecule is CO[C@]12OC(=O)C(C)=C1C1=C3[C@](C)([C@@H]4C[C@@H]4[C@@]3(O)C[C@@H]3[C@]14OC(=O)C1=C4C[C@H]4[C@](O)(COC(=O)/C(C)=C\COC(=O)CCC(=O)OC1)[C@H]1C[C@H]1[C@]34C)[C@H]2O. The molecule has 10 rings (SSSR count). The predicted octanol–water partition coefficient (Wildman–Crippen LogP) is 1.65. The van der Waals surface area contributed by atoms with Crippen LogP contribution >= 0.6 is 0 Å². The molecular weight excluding hydrogens is 704 g/mol. The predicted molar refractivity (Wildman–Crippen MR) is 179 cm³/mol. The van der Waals surface area contributed by atoms with Crippen molar-refractivity contribution in [3.8, 4) is 0 Å². The number of cyclic esters (lactones) is 3. The number of esters is 5.